The van der Waals surface area contributed by atoms with Crippen LogP contribution in [0.25, 0.3) is 22.5 Å². The zero-order chi connectivity index (χ0) is 18.0. The minimum Gasteiger partial charge on any atom is -0.322 e. The monoisotopic (exact) mass is 355 g/mol. The average molecular weight is 355 g/mol. The lowest BCUT2D eigenvalue weighted by atomic mass is 10.0. The molecule has 0 aliphatic rings. The molecule has 0 atom stereocenters. The number of carbonyl (C=O) groups is 1. The summed E-state index contributed by atoms with van der Waals surface area (Å²) in [6.45, 7) is 1.55. The second-order valence-corrected chi connectivity index (χ2v) is 6.55. The summed E-state index contributed by atoms with van der Waals surface area (Å²) in [5.41, 5.74) is 4.20. The van der Waals surface area contributed by atoms with E-state index in [0.29, 0.717) is 6.42 Å². The lowest BCUT2D eigenvalue weighted by Crippen LogP contribution is -2.00. The number of nitrogens with zero attached hydrogens (tertiary/aromatic N) is 3. The lowest BCUT2D eigenvalue weighted by Gasteiger charge is -2.09. The molecule has 0 saturated carbocycles. The number of pyridine rings is 1. The van der Waals surface area contributed by atoms with Crippen LogP contribution in [-0.4, -0.2) is 26.6 Å². The van der Waals surface area contributed by atoms with Crippen molar-refractivity contribution >= 4 is 17.5 Å². The maximum atomic E-state index is 13.3. The van der Waals surface area contributed by atoms with Gasteiger partial charge in [0.05, 0.1) is 11.4 Å². The Hall–Kier alpha value is -2.47. The highest BCUT2D eigenvalue weighted by atomic mass is 32.2. The summed E-state index contributed by atoms with van der Waals surface area (Å²) >= 11 is 1.55. The first-order valence-corrected chi connectivity index (χ1v) is 9.03. The fourth-order valence-corrected chi connectivity index (χ4v) is 3.32. The maximum absolute atomic E-state index is 13.3. The molecular formula is C19H18FN3OS. The van der Waals surface area contributed by atoms with Gasteiger partial charge in [0.2, 0.25) is 0 Å². The number of halogens is 1. The van der Waals surface area contributed by atoms with Gasteiger partial charge in [-0.25, -0.2) is 9.37 Å². The van der Waals surface area contributed by atoms with Crippen molar-refractivity contribution < 1.29 is 9.18 Å². The zero-order valence-electron chi connectivity index (χ0n) is 14.3. The van der Waals surface area contributed by atoms with Crippen LogP contribution in [-0.2, 0) is 18.3 Å². The maximum Gasteiger partial charge on any atom is 0.168 e. The SMILES string of the molecule is CSc1nc(-c2ccc(F)cc2)c(-c2ccnc(CC(C)=O)c2)n1C. The summed E-state index contributed by atoms with van der Waals surface area (Å²) in [5, 5.41) is 0.860. The molecule has 0 saturated heterocycles. The van der Waals surface area contributed by atoms with Crippen molar-refractivity contribution in [2.45, 2.75) is 18.5 Å². The number of hydrogen-bond acceptors (Lipinski definition) is 4. The van der Waals surface area contributed by atoms with Crippen LogP contribution in [0, 0.1) is 5.82 Å². The normalized spacial score (nSPS) is 10.9. The van der Waals surface area contributed by atoms with E-state index >= 15 is 0 Å². The molecule has 2 heterocycles. The van der Waals surface area contributed by atoms with Crippen molar-refractivity contribution in [1.29, 1.82) is 0 Å². The minimum atomic E-state index is -0.279. The Morgan fingerprint density at radius 2 is 1.92 bits per heavy atom. The first kappa shape index (κ1) is 17.4. The third-order valence-electron chi connectivity index (χ3n) is 3.87. The fraction of sp³-hybridized carbons (Fsp3) is 0.211. The van der Waals surface area contributed by atoms with E-state index in [1.165, 1.54) is 12.1 Å². The molecule has 4 nitrogen and oxygen atoms in total. The van der Waals surface area contributed by atoms with Gasteiger partial charge in [0, 0.05) is 36.5 Å². The lowest BCUT2D eigenvalue weighted by molar-refractivity contribution is -0.116. The van der Waals surface area contributed by atoms with Gasteiger partial charge in [0.15, 0.2) is 5.16 Å². The van der Waals surface area contributed by atoms with E-state index < -0.39 is 0 Å². The molecule has 25 heavy (non-hydrogen) atoms. The molecule has 0 amide bonds. The largest absolute Gasteiger partial charge is 0.322 e. The molecule has 3 rings (SSSR count). The predicted molar refractivity (Wildman–Crippen MR) is 98.0 cm³/mol. The van der Waals surface area contributed by atoms with Crippen LogP contribution >= 0.6 is 11.8 Å². The van der Waals surface area contributed by atoms with Crippen molar-refractivity contribution in [3.05, 3.63) is 54.1 Å². The molecule has 0 radical (unpaired) electrons. The Morgan fingerprint density at radius 3 is 2.56 bits per heavy atom. The summed E-state index contributed by atoms with van der Waals surface area (Å²) in [6, 6.07) is 10.1. The first-order valence-electron chi connectivity index (χ1n) is 7.81. The summed E-state index contributed by atoms with van der Waals surface area (Å²) in [6.07, 6.45) is 3.97. The van der Waals surface area contributed by atoms with E-state index in [9.17, 15) is 9.18 Å². The highest BCUT2D eigenvalue weighted by Crippen LogP contribution is 2.34. The Bertz CT molecular complexity index is 919. The molecule has 0 N–H and O–H groups in total. The number of benzene rings is 1. The number of aromatic nitrogens is 3. The molecule has 3 aromatic rings. The molecule has 0 aliphatic carbocycles. The van der Waals surface area contributed by atoms with Crippen LogP contribution in [0.15, 0.2) is 47.8 Å². The summed E-state index contributed by atoms with van der Waals surface area (Å²) in [5.74, 6) is -0.211. The Morgan fingerprint density at radius 1 is 1.20 bits per heavy atom. The Balaban J connectivity index is 2.16. The number of Topliss-reactive ketones (excluding diaryl/α,β-unsaturated/α-hetero) is 1. The number of ketones is 1. The molecule has 0 bridgehead atoms. The molecule has 2 aromatic heterocycles. The molecular weight excluding hydrogens is 337 g/mol. The van der Waals surface area contributed by atoms with Gasteiger partial charge >= 0.3 is 0 Å². The summed E-state index contributed by atoms with van der Waals surface area (Å²) < 4.78 is 15.3. The third kappa shape index (κ3) is 3.64. The van der Waals surface area contributed by atoms with Crippen LogP contribution in [0.3, 0.4) is 0 Å². The van der Waals surface area contributed by atoms with Gasteiger partial charge in [0.1, 0.15) is 11.6 Å². The van der Waals surface area contributed by atoms with Gasteiger partial charge in [-0.2, -0.15) is 0 Å². The van der Waals surface area contributed by atoms with E-state index in [-0.39, 0.29) is 11.6 Å². The molecule has 1 aromatic carbocycles. The van der Waals surface area contributed by atoms with Gasteiger partial charge in [-0.3, -0.25) is 9.78 Å². The van der Waals surface area contributed by atoms with E-state index in [0.717, 1.165) is 33.4 Å². The van der Waals surface area contributed by atoms with Gasteiger partial charge in [-0.1, -0.05) is 11.8 Å². The smallest absolute Gasteiger partial charge is 0.168 e. The first-order chi connectivity index (χ1) is 12.0. The van der Waals surface area contributed by atoms with E-state index in [4.69, 9.17) is 4.98 Å². The van der Waals surface area contributed by atoms with E-state index in [1.54, 1.807) is 37.0 Å². The molecule has 0 aliphatic heterocycles. The second kappa shape index (κ2) is 7.19. The van der Waals surface area contributed by atoms with Gasteiger partial charge < -0.3 is 4.57 Å². The van der Waals surface area contributed by atoms with Crippen LogP contribution < -0.4 is 0 Å². The van der Waals surface area contributed by atoms with E-state index in [1.807, 2.05) is 30.0 Å². The highest BCUT2D eigenvalue weighted by Gasteiger charge is 2.18. The molecule has 0 unspecified atom stereocenters. The van der Waals surface area contributed by atoms with E-state index in [2.05, 4.69) is 4.98 Å². The molecule has 6 heteroatoms. The van der Waals surface area contributed by atoms with Crippen molar-refractivity contribution in [3.8, 4) is 22.5 Å². The third-order valence-corrected chi connectivity index (χ3v) is 4.60. The van der Waals surface area contributed by atoms with Crippen LogP contribution in [0.1, 0.15) is 12.6 Å². The van der Waals surface area contributed by atoms with Gasteiger partial charge in [-0.05, 0) is 49.6 Å². The predicted octanol–water partition coefficient (Wildman–Crippen LogP) is 4.14. The van der Waals surface area contributed by atoms with Gasteiger partial charge in [-0.15, -0.1) is 0 Å². The summed E-state index contributed by atoms with van der Waals surface area (Å²) in [4.78, 5) is 20.4. The number of carbonyl (C=O) groups excluding carboxylic acids is 1. The highest BCUT2D eigenvalue weighted by molar-refractivity contribution is 7.98. The number of hydrogen-bond donors (Lipinski definition) is 0. The Labute approximate surface area is 150 Å². The quantitative estimate of drug-likeness (QED) is 0.645. The van der Waals surface area contributed by atoms with Crippen LogP contribution in [0.2, 0.25) is 0 Å². The second-order valence-electron chi connectivity index (χ2n) is 5.78. The molecule has 0 fully saturated rings. The summed E-state index contributed by atoms with van der Waals surface area (Å²) in [7, 11) is 1.95. The van der Waals surface area contributed by atoms with Crippen molar-refractivity contribution in [3.63, 3.8) is 0 Å². The van der Waals surface area contributed by atoms with Crippen molar-refractivity contribution in [1.82, 2.24) is 14.5 Å². The number of rotatable bonds is 5. The zero-order valence-corrected chi connectivity index (χ0v) is 15.1. The fourth-order valence-electron chi connectivity index (χ4n) is 2.78. The number of imidazole rings is 1. The topological polar surface area (TPSA) is 47.8 Å². The van der Waals surface area contributed by atoms with Crippen molar-refractivity contribution in [2.75, 3.05) is 6.26 Å². The number of thioether (sulfide) groups is 1. The molecule has 128 valence electrons. The molecule has 0 spiro atoms. The van der Waals surface area contributed by atoms with Gasteiger partial charge in [0.25, 0.3) is 0 Å². The van der Waals surface area contributed by atoms with Crippen LogP contribution in [0.5, 0.6) is 0 Å². The van der Waals surface area contributed by atoms with Crippen LogP contribution in [0.4, 0.5) is 4.39 Å². The Kier molecular flexibility index (Phi) is 4.99. The average Bonchev–Trinajstić information content (AvgIpc) is 2.92. The van der Waals surface area contributed by atoms with Crippen molar-refractivity contribution in [2.24, 2.45) is 7.05 Å². The standard InChI is InChI=1S/C19H18FN3OS/c1-12(24)10-16-11-14(8-9-21-16)18-17(22-19(25-3)23(18)2)13-4-6-15(20)7-5-13/h4-9,11H,10H2,1-3H3. The minimum absolute atomic E-state index is 0.0678.